The van der Waals surface area contributed by atoms with Crippen LogP contribution >= 0.6 is 0 Å². The number of hydrogen-bond acceptors (Lipinski definition) is 2. The Morgan fingerprint density at radius 1 is 1.12 bits per heavy atom. The number of aryl methyl sites for hydroxylation is 1. The van der Waals surface area contributed by atoms with Gasteiger partial charge in [-0.1, -0.05) is 29.8 Å². The van der Waals surface area contributed by atoms with E-state index in [2.05, 4.69) is 0 Å². The van der Waals surface area contributed by atoms with Crippen LogP contribution in [0, 0.1) is 12.7 Å². The van der Waals surface area contributed by atoms with Crippen LogP contribution in [0.5, 0.6) is 0 Å². The molecule has 0 aliphatic rings. The van der Waals surface area contributed by atoms with Gasteiger partial charge in [0.15, 0.2) is 0 Å². The number of hydrogen-bond donors (Lipinski definition) is 2. The second-order valence-corrected chi connectivity index (χ2v) is 4.09. The van der Waals surface area contributed by atoms with Crippen molar-refractivity contribution in [2.75, 3.05) is 5.73 Å². The molecule has 0 saturated heterocycles. The lowest BCUT2D eigenvalue weighted by Crippen LogP contribution is -2.04. The molecule has 0 fully saturated rings. The smallest absolute Gasteiger partial charge is 0.123 e. The maximum atomic E-state index is 13.1. The SMILES string of the molecule is Cc1ccc(C(O)c2cc(F)ccc2N)cc1. The lowest BCUT2D eigenvalue weighted by atomic mass is 9.99. The van der Waals surface area contributed by atoms with Crippen LogP contribution in [0.1, 0.15) is 22.8 Å². The van der Waals surface area contributed by atoms with E-state index in [-0.39, 0.29) is 0 Å². The highest BCUT2D eigenvalue weighted by molar-refractivity contribution is 5.50. The van der Waals surface area contributed by atoms with Gasteiger partial charge in [0.1, 0.15) is 11.9 Å². The Hall–Kier alpha value is -1.87. The Labute approximate surface area is 99.5 Å². The van der Waals surface area contributed by atoms with E-state index < -0.39 is 11.9 Å². The van der Waals surface area contributed by atoms with E-state index in [1.165, 1.54) is 18.2 Å². The Kier molecular flexibility index (Phi) is 3.11. The van der Waals surface area contributed by atoms with Gasteiger partial charge in [-0.05, 0) is 30.7 Å². The van der Waals surface area contributed by atoms with Crippen LogP contribution in [-0.2, 0) is 0 Å². The molecular formula is C14H14FNO. The van der Waals surface area contributed by atoms with Gasteiger partial charge in [0.25, 0.3) is 0 Å². The molecule has 2 nitrogen and oxygen atoms in total. The quantitative estimate of drug-likeness (QED) is 0.781. The molecule has 17 heavy (non-hydrogen) atoms. The van der Waals surface area contributed by atoms with E-state index in [1.54, 1.807) is 0 Å². The van der Waals surface area contributed by atoms with Gasteiger partial charge in [-0.15, -0.1) is 0 Å². The van der Waals surface area contributed by atoms with Crippen molar-refractivity contribution >= 4 is 5.69 Å². The van der Waals surface area contributed by atoms with Crippen LogP contribution in [0.25, 0.3) is 0 Å². The van der Waals surface area contributed by atoms with Gasteiger partial charge in [-0.3, -0.25) is 0 Å². The van der Waals surface area contributed by atoms with Crippen LogP contribution in [0.2, 0.25) is 0 Å². The predicted octanol–water partition coefficient (Wildman–Crippen LogP) is 2.80. The van der Waals surface area contributed by atoms with Crippen molar-refractivity contribution in [2.45, 2.75) is 13.0 Å². The van der Waals surface area contributed by atoms with Crippen LogP contribution in [0.3, 0.4) is 0 Å². The van der Waals surface area contributed by atoms with Gasteiger partial charge >= 0.3 is 0 Å². The summed E-state index contributed by atoms with van der Waals surface area (Å²) in [5.74, 6) is -0.402. The fraction of sp³-hybridized carbons (Fsp3) is 0.143. The van der Waals surface area contributed by atoms with E-state index in [1.807, 2.05) is 31.2 Å². The third kappa shape index (κ3) is 2.45. The number of nitrogen functional groups attached to an aromatic ring is 1. The molecule has 0 aliphatic heterocycles. The Morgan fingerprint density at radius 3 is 2.41 bits per heavy atom. The zero-order chi connectivity index (χ0) is 12.4. The number of aliphatic hydroxyl groups excluding tert-OH is 1. The minimum absolute atomic E-state index is 0.388. The molecule has 1 unspecified atom stereocenters. The van der Waals surface area contributed by atoms with Gasteiger partial charge in [0.2, 0.25) is 0 Å². The topological polar surface area (TPSA) is 46.2 Å². The average Bonchev–Trinajstić information content (AvgIpc) is 2.32. The standard InChI is InChI=1S/C14H14FNO/c1-9-2-4-10(5-3-9)14(17)12-8-11(15)6-7-13(12)16/h2-8,14,17H,16H2,1H3. The van der Waals surface area contributed by atoms with Gasteiger partial charge in [-0.2, -0.15) is 0 Å². The van der Waals surface area contributed by atoms with E-state index in [0.29, 0.717) is 16.8 Å². The fourth-order valence-electron chi connectivity index (χ4n) is 1.71. The average molecular weight is 231 g/mol. The zero-order valence-corrected chi connectivity index (χ0v) is 9.52. The van der Waals surface area contributed by atoms with E-state index in [4.69, 9.17) is 5.73 Å². The molecule has 0 spiro atoms. The third-order valence-corrected chi connectivity index (χ3v) is 2.74. The zero-order valence-electron chi connectivity index (χ0n) is 9.52. The van der Waals surface area contributed by atoms with E-state index in [0.717, 1.165) is 5.56 Å². The molecule has 3 heteroatoms. The van der Waals surface area contributed by atoms with Crippen LogP contribution in [0.4, 0.5) is 10.1 Å². The second-order valence-electron chi connectivity index (χ2n) is 4.09. The van der Waals surface area contributed by atoms with Gasteiger partial charge in [0, 0.05) is 11.3 Å². The first-order chi connectivity index (χ1) is 8.08. The maximum absolute atomic E-state index is 13.1. The normalized spacial score (nSPS) is 12.4. The van der Waals surface area contributed by atoms with Gasteiger partial charge in [-0.25, -0.2) is 4.39 Å². The molecule has 0 heterocycles. The molecule has 0 amide bonds. The largest absolute Gasteiger partial charge is 0.398 e. The van der Waals surface area contributed by atoms with Crippen molar-refractivity contribution in [1.29, 1.82) is 0 Å². The lowest BCUT2D eigenvalue weighted by Gasteiger charge is -2.14. The van der Waals surface area contributed by atoms with Crippen LogP contribution in [-0.4, -0.2) is 5.11 Å². The first-order valence-electron chi connectivity index (χ1n) is 5.37. The molecule has 2 aromatic rings. The van der Waals surface area contributed by atoms with Crippen molar-refractivity contribution in [3.63, 3.8) is 0 Å². The van der Waals surface area contributed by atoms with Crippen LogP contribution in [0.15, 0.2) is 42.5 Å². The summed E-state index contributed by atoms with van der Waals surface area (Å²) in [6.07, 6.45) is -0.897. The lowest BCUT2D eigenvalue weighted by molar-refractivity contribution is 0.220. The Morgan fingerprint density at radius 2 is 1.76 bits per heavy atom. The number of rotatable bonds is 2. The maximum Gasteiger partial charge on any atom is 0.123 e. The summed E-state index contributed by atoms with van der Waals surface area (Å²) in [5, 5.41) is 10.1. The van der Waals surface area contributed by atoms with E-state index >= 15 is 0 Å². The van der Waals surface area contributed by atoms with Crippen molar-refractivity contribution in [3.05, 3.63) is 65.0 Å². The molecule has 3 N–H and O–H groups in total. The number of halogens is 1. The Bertz CT molecular complexity index is 522. The third-order valence-electron chi connectivity index (χ3n) is 2.74. The first-order valence-corrected chi connectivity index (χ1v) is 5.37. The molecule has 2 aromatic carbocycles. The van der Waals surface area contributed by atoms with Gasteiger partial charge in [0.05, 0.1) is 0 Å². The summed E-state index contributed by atoms with van der Waals surface area (Å²) in [6, 6.07) is 11.4. The molecule has 0 bridgehead atoms. The number of nitrogens with two attached hydrogens (primary N) is 1. The van der Waals surface area contributed by atoms with Gasteiger partial charge < -0.3 is 10.8 Å². The number of aliphatic hydroxyl groups is 1. The number of anilines is 1. The van der Waals surface area contributed by atoms with Crippen LogP contribution < -0.4 is 5.73 Å². The molecule has 2 rings (SSSR count). The summed E-state index contributed by atoms with van der Waals surface area (Å²) < 4.78 is 13.1. The molecule has 0 aliphatic carbocycles. The minimum Gasteiger partial charge on any atom is -0.398 e. The molecule has 0 radical (unpaired) electrons. The summed E-state index contributed by atoms with van der Waals surface area (Å²) >= 11 is 0. The molecule has 0 saturated carbocycles. The van der Waals surface area contributed by atoms with E-state index in [9.17, 15) is 9.50 Å². The predicted molar refractivity (Wildman–Crippen MR) is 66.1 cm³/mol. The summed E-state index contributed by atoms with van der Waals surface area (Å²) in [4.78, 5) is 0. The summed E-state index contributed by atoms with van der Waals surface area (Å²) in [6.45, 7) is 1.96. The number of benzene rings is 2. The molecule has 88 valence electrons. The second kappa shape index (κ2) is 4.55. The highest BCUT2D eigenvalue weighted by Gasteiger charge is 2.14. The summed E-state index contributed by atoms with van der Waals surface area (Å²) in [5.41, 5.74) is 8.32. The molecule has 1 atom stereocenters. The highest BCUT2D eigenvalue weighted by atomic mass is 19.1. The first kappa shape index (κ1) is 11.6. The molecular weight excluding hydrogens is 217 g/mol. The minimum atomic E-state index is -0.897. The summed E-state index contributed by atoms with van der Waals surface area (Å²) in [7, 11) is 0. The van der Waals surface area contributed by atoms with Crippen molar-refractivity contribution < 1.29 is 9.50 Å². The fourth-order valence-corrected chi connectivity index (χ4v) is 1.71. The Balaban J connectivity index is 2.39. The van der Waals surface area contributed by atoms with Crippen molar-refractivity contribution in [2.24, 2.45) is 0 Å². The highest BCUT2D eigenvalue weighted by Crippen LogP contribution is 2.27. The van der Waals surface area contributed by atoms with Crippen molar-refractivity contribution in [3.8, 4) is 0 Å². The van der Waals surface area contributed by atoms with Crippen molar-refractivity contribution in [1.82, 2.24) is 0 Å². The monoisotopic (exact) mass is 231 g/mol. The molecule has 0 aromatic heterocycles.